The molecule has 5 rings (SSSR count). The van der Waals surface area contributed by atoms with Crippen LogP contribution in [-0.2, 0) is 39.7 Å². The van der Waals surface area contributed by atoms with E-state index in [1.54, 1.807) is 42.5 Å². The zero-order valence-corrected chi connectivity index (χ0v) is 27.9. The van der Waals surface area contributed by atoms with Crippen LogP contribution < -0.4 is 4.72 Å². The largest absolute Gasteiger partial charge is 0.505 e. The predicted octanol–water partition coefficient (Wildman–Crippen LogP) is 7.82. The fraction of sp³-hybridized carbons (Fsp3) is 0.118. The molecule has 0 radical (unpaired) electrons. The molecule has 244 valence electrons. The summed E-state index contributed by atoms with van der Waals surface area (Å²) in [5.41, 5.74) is 3.52. The van der Waals surface area contributed by atoms with Crippen LogP contribution in [-0.4, -0.2) is 26.2 Å². The molecule has 0 unspecified atom stereocenters. The first-order chi connectivity index (χ1) is 22.2. The van der Waals surface area contributed by atoms with Gasteiger partial charge in [-0.3, -0.25) is 0 Å². The summed E-state index contributed by atoms with van der Waals surface area (Å²) in [5.74, 6) is -1.58. The third kappa shape index (κ3) is 8.36. The van der Waals surface area contributed by atoms with Gasteiger partial charge in [0.05, 0.1) is 9.92 Å². The Bertz CT molecular complexity index is 2130. The molecule has 5 aromatic rings. The van der Waals surface area contributed by atoms with Crippen LogP contribution in [0.1, 0.15) is 22.3 Å². The lowest BCUT2D eigenvalue weighted by Gasteiger charge is -2.23. The van der Waals surface area contributed by atoms with E-state index in [4.69, 9.17) is 23.2 Å². The van der Waals surface area contributed by atoms with Crippen molar-refractivity contribution in [1.82, 2.24) is 9.03 Å². The minimum Gasteiger partial charge on any atom is -0.505 e. The van der Waals surface area contributed by atoms with Gasteiger partial charge in [0.2, 0.25) is 20.0 Å². The van der Waals surface area contributed by atoms with E-state index in [2.05, 4.69) is 4.72 Å². The Balaban J connectivity index is 1.55. The van der Waals surface area contributed by atoms with Gasteiger partial charge < -0.3 is 5.11 Å². The molecule has 5 aromatic carbocycles. The lowest BCUT2D eigenvalue weighted by molar-refractivity contribution is 0.401. The maximum Gasteiger partial charge on any atom is 0.244 e. The fourth-order valence-electron chi connectivity index (χ4n) is 4.85. The van der Waals surface area contributed by atoms with Crippen LogP contribution in [0.15, 0.2) is 113 Å². The lowest BCUT2D eigenvalue weighted by atomic mass is 9.99. The number of benzene rings is 5. The molecule has 0 heterocycles. The van der Waals surface area contributed by atoms with E-state index in [1.165, 1.54) is 58.9 Å². The summed E-state index contributed by atoms with van der Waals surface area (Å²) >= 11 is 11.9. The number of nitrogens with zero attached hydrogens (tertiary/aromatic N) is 1. The highest BCUT2D eigenvalue weighted by molar-refractivity contribution is 7.89. The van der Waals surface area contributed by atoms with Crippen molar-refractivity contribution < 1.29 is 30.7 Å². The van der Waals surface area contributed by atoms with Gasteiger partial charge in [0, 0.05) is 24.7 Å². The highest BCUT2D eigenvalue weighted by Crippen LogP contribution is 2.34. The highest BCUT2D eigenvalue weighted by Gasteiger charge is 2.26. The summed E-state index contributed by atoms with van der Waals surface area (Å²) in [4.78, 5) is -0.451. The van der Waals surface area contributed by atoms with Crippen LogP contribution >= 0.6 is 23.2 Å². The number of hydrogen-bond donors (Lipinski definition) is 2. The van der Waals surface area contributed by atoms with Crippen LogP contribution in [0.2, 0.25) is 10.0 Å². The molecule has 47 heavy (non-hydrogen) atoms. The Morgan fingerprint density at radius 1 is 0.702 bits per heavy atom. The smallest absolute Gasteiger partial charge is 0.244 e. The zero-order valence-electron chi connectivity index (χ0n) is 24.8. The molecule has 0 bridgehead atoms. The van der Waals surface area contributed by atoms with Crippen molar-refractivity contribution in [3.8, 4) is 16.9 Å². The van der Waals surface area contributed by atoms with E-state index in [9.17, 15) is 30.7 Å². The van der Waals surface area contributed by atoms with Crippen molar-refractivity contribution >= 4 is 43.2 Å². The van der Waals surface area contributed by atoms with Crippen LogP contribution in [0.3, 0.4) is 0 Å². The number of hydrogen-bond acceptors (Lipinski definition) is 5. The maximum atomic E-state index is 14.0. The second-order valence-corrected chi connectivity index (χ2v) is 15.3. The van der Waals surface area contributed by atoms with E-state index < -0.39 is 42.3 Å². The summed E-state index contributed by atoms with van der Waals surface area (Å²) in [5, 5.41) is 10.1. The van der Waals surface area contributed by atoms with E-state index in [1.807, 2.05) is 6.92 Å². The van der Waals surface area contributed by atoms with Gasteiger partial charge in [0.1, 0.15) is 16.5 Å². The molecule has 0 amide bonds. The summed E-state index contributed by atoms with van der Waals surface area (Å²) in [6.07, 6.45) is 0. The average molecular weight is 718 g/mol. The Morgan fingerprint density at radius 3 is 1.91 bits per heavy atom. The van der Waals surface area contributed by atoms with Crippen molar-refractivity contribution in [3.63, 3.8) is 0 Å². The van der Waals surface area contributed by atoms with Gasteiger partial charge >= 0.3 is 0 Å². The minimum atomic E-state index is -4.32. The summed E-state index contributed by atoms with van der Waals surface area (Å²) < 4.78 is 85.4. The van der Waals surface area contributed by atoms with Gasteiger partial charge in [0.15, 0.2) is 5.75 Å². The molecule has 0 saturated heterocycles. The number of halogens is 4. The number of phenolic OH excluding ortho intramolecular Hbond substituents is 1. The molecule has 0 atom stereocenters. The predicted molar refractivity (Wildman–Crippen MR) is 178 cm³/mol. The molecule has 0 saturated carbocycles. The van der Waals surface area contributed by atoms with Crippen LogP contribution in [0, 0.1) is 18.6 Å². The molecule has 0 aromatic heterocycles. The number of aromatic hydroxyl groups is 1. The highest BCUT2D eigenvalue weighted by atomic mass is 35.5. The number of phenols is 1. The molecule has 2 N–H and O–H groups in total. The van der Waals surface area contributed by atoms with Crippen molar-refractivity contribution in [2.45, 2.75) is 36.3 Å². The van der Waals surface area contributed by atoms with Crippen LogP contribution in [0.5, 0.6) is 5.75 Å². The first kappa shape index (κ1) is 34.5. The SMILES string of the molecule is Cc1ccc(S(=O)(=O)N(Cc2ccc(F)cc2)Cc2cc(CNS(=O)(=O)c3cc(Cl)cc(Cl)c3O)cc(-c3ccc(F)cc3)c2)cc1. The normalized spacial score (nSPS) is 12.0. The van der Waals surface area contributed by atoms with Crippen molar-refractivity contribution in [1.29, 1.82) is 0 Å². The Kier molecular flexibility index (Phi) is 10.4. The molecule has 7 nitrogen and oxygen atoms in total. The summed E-state index contributed by atoms with van der Waals surface area (Å²) in [7, 11) is -8.39. The third-order valence-electron chi connectivity index (χ3n) is 7.27. The third-order valence-corrected chi connectivity index (χ3v) is 11.0. The van der Waals surface area contributed by atoms with Gasteiger partial charge in [-0.2, -0.15) is 4.31 Å². The van der Waals surface area contributed by atoms with Gasteiger partial charge in [0.25, 0.3) is 0 Å². The van der Waals surface area contributed by atoms with Gasteiger partial charge in [-0.15, -0.1) is 0 Å². The molecule has 0 fully saturated rings. The van der Waals surface area contributed by atoms with E-state index in [0.717, 1.165) is 11.6 Å². The van der Waals surface area contributed by atoms with Crippen molar-refractivity contribution in [2.24, 2.45) is 0 Å². The van der Waals surface area contributed by atoms with Crippen molar-refractivity contribution in [3.05, 3.63) is 147 Å². The second kappa shape index (κ2) is 14.1. The zero-order chi connectivity index (χ0) is 33.9. The number of sulfonamides is 2. The van der Waals surface area contributed by atoms with E-state index >= 15 is 0 Å². The maximum absolute atomic E-state index is 14.0. The number of aryl methyl sites for hydroxylation is 1. The Morgan fingerprint density at radius 2 is 1.28 bits per heavy atom. The van der Waals surface area contributed by atoms with E-state index in [-0.39, 0.29) is 34.6 Å². The Labute approximate surface area is 282 Å². The molecule has 0 aliphatic carbocycles. The summed E-state index contributed by atoms with van der Waals surface area (Å²) in [6.45, 7) is 1.34. The molecule has 0 spiro atoms. The molecular formula is C34H28Cl2F2N2O5S2. The monoisotopic (exact) mass is 716 g/mol. The Hall–Kier alpha value is -3.84. The minimum absolute atomic E-state index is 0.00444. The summed E-state index contributed by atoms with van der Waals surface area (Å²) in [6, 6.07) is 24.9. The van der Waals surface area contributed by atoms with Gasteiger partial charge in [-0.1, -0.05) is 71.2 Å². The number of nitrogens with one attached hydrogen (secondary N) is 1. The molecular weight excluding hydrogens is 689 g/mol. The molecule has 13 heteroatoms. The molecule has 0 aliphatic heterocycles. The van der Waals surface area contributed by atoms with Crippen LogP contribution in [0.25, 0.3) is 11.1 Å². The van der Waals surface area contributed by atoms with Crippen molar-refractivity contribution in [2.75, 3.05) is 0 Å². The van der Waals surface area contributed by atoms with Gasteiger partial charge in [-0.05, 0) is 95.4 Å². The quantitative estimate of drug-likeness (QED) is 0.145. The first-order valence-electron chi connectivity index (χ1n) is 14.1. The number of rotatable bonds is 11. The van der Waals surface area contributed by atoms with Gasteiger partial charge in [-0.25, -0.2) is 30.3 Å². The second-order valence-electron chi connectivity index (χ2n) is 10.8. The average Bonchev–Trinajstić information content (AvgIpc) is 3.03. The first-order valence-corrected chi connectivity index (χ1v) is 17.8. The molecule has 0 aliphatic rings. The fourth-order valence-corrected chi connectivity index (χ4v) is 8.04. The van der Waals surface area contributed by atoms with E-state index in [0.29, 0.717) is 27.8 Å². The lowest BCUT2D eigenvalue weighted by Crippen LogP contribution is -2.30. The standard InChI is InChI=1S/C34H28Cl2F2N2O5S2/c1-22-2-12-31(13-3-22)47(44,45)40(20-23-4-8-29(37)9-5-23)21-25-14-24(15-27(16-25)26-6-10-30(38)11-7-26)19-39-46(42,43)33-18-28(35)17-32(36)34(33)41/h2-18,39,41H,19-21H2,1H3. The van der Waals surface area contributed by atoms with Crippen LogP contribution in [0.4, 0.5) is 8.78 Å². The topological polar surface area (TPSA) is 104 Å².